The van der Waals surface area contributed by atoms with Crippen molar-refractivity contribution >= 4 is 11.9 Å². The summed E-state index contributed by atoms with van der Waals surface area (Å²) in [6.45, 7) is 5.57. The Hall–Kier alpha value is -1.32. The van der Waals surface area contributed by atoms with Gasteiger partial charge in [-0.15, -0.1) is 0 Å². The summed E-state index contributed by atoms with van der Waals surface area (Å²) < 4.78 is 5.04. The molecule has 0 saturated heterocycles. The van der Waals surface area contributed by atoms with Crippen molar-refractivity contribution in [2.75, 3.05) is 6.61 Å². The Bertz CT molecular complexity index is 309. The van der Waals surface area contributed by atoms with E-state index in [0.29, 0.717) is 6.42 Å². The highest BCUT2D eigenvalue weighted by molar-refractivity contribution is 5.76. The van der Waals surface area contributed by atoms with Gasteiger partial charge in [-0.25, -0.2) is 0 Å². The van der Waals surface area contributed by atoms with Crippen LogP contribution in [0.3, 0.4) is 0 Å². The minimum Gasteiger partial charge on any atom is -0.481 e. The van der Waals surface area contributed by atoms with Crippen molar-refractivity contribution in [3.05, 3.63) is 11.6 Å². The second-order valence-corrected chi connectivity index (χ2v) is 4.80. The zero-order chi connectivity index (χ0) is 11.6. The van der Waals surface area contributed by atoms with Crippen LogP contribution in [0.15, 0.2) is 11.6 Å². The fraction of sp³-hybridized carbons (Fsp3) is 0.636. The van der Waals surface area contributed by atoms with Crippen molar-refractivity contribution in [3.63, 3.8) is 0 Å². The van der Waals surface area contributed by atoms with Gasteiger partial charge in [0.15, 0.2) is 0 Å². The molecule has 0 aromatic rings. The maximum absolute atomic E-state index is 11.4. The Morgan fingerprint density at radius 3 is 2.47 bits per heavy atom. The molecule has 1 N–H and O–H groups in total. The highest BCUT2D eigenvalue weighted by Gasteiger charge is 2.28. The zero-order valence-corrected chi connectivity index (χ0v) is 9.24. The summed E-state index contributed by atoms with van der Waals surface area (Å²) in [4.78, 5) is 21.8. The molecular weight excluding hydrogens is 196 g/mol. The molecule has 0 aliphatic heterocycles. The molecule has 4 nitrogen and oxygen atoms in total. The SMILES string of the molecule is CC(C)(C)C(=O)OCC1=CC(C(=O)O)C1. The van der Waals surface area contributed by atoms with E-state index in [1.165, 1.54) is 0 Å². The maximum Gasteiger partial charge on any atom is 0.311 e. The predicted molar refractivity (Wildman–Crippen MR) is 54.2 cm³/mol. The molecule has 0 saturated carbocycles. The van der Waals surface area contributed by atoms with Crippen LogP contribution in [0.5, 0.6) is 0 Å². The lowest BCUT2D eigenvalue weighted by Gasteiger charge is -2.23. The van der Waals surface area contributed by atoms with E-state index in [-0.39, 0.29) is 12.6 Å². The Kier molecular flexibility index (Phi) is 3.17. The fourth-order valence-corrected chi connectivity index (χ4v) is 1.17. The molecule has 1 rings (SSSR count). The van der Waals surface area contributed by atoms with Crippen LogP contribution in [-0.2, 0) is 14.3 Å². The summed E-state index contributed by atoms with van der Waals surface area (Å²) in [6, 6.07) is 0. The average molecular weight is 212 g/mol. The van der Waals surface area contributed by atoms with E-state index >= 15 is 0 Å². The van der Waals surface area contributed by atoms with Crippen LogP contribution < -0.4 is 0 Å². The van der Waals surface area contributed by atoms with Crippen molar-refractivity contribution < 1.29 is 19.4 Å². The number of aliphatic carboxylic acids is 1. The van der Waals surface area contributed by atoms with Crippen molar-refractivity contribution in [3.8, 4) is 0 Å². The molecule has 0 fully saturated rings. The number of carboxylic acid groups (broad SMARTS) is 1. The molecule has 1 unspecified atom stereocenters. The van der Waals surface area contributed by atoms with E-state index in [1.54, 1.807) is 26.8 Å². The predicted octanol–water partition coefficient (Wildman–Crippen LogP) is 1.61. The van der Waals surface area contributed by atoms with Gasteiger partial charge < -0.3 is 9.84 Å². The normalized spacial score (nSPS) is 20.2. The molecule has 4 heteroatoms. The number of ether oxygens (including phenoxy) is 1. The van der Waals surface area contributed by atoms with Crippen molar-refractivity contribution in [2.45, 2.75) is 27.2 Å². The second-order valence-electron chi connectivity index (χ2n) is 4.80. The minimum atomic E-state index is -0.819. The number of carboxylic acids is 1. The summed E-state index contributed by atoms with van der Waals surface area (Å²) in [5.41, 5.74) is 0.385. The van der Waals surface area contributed by atoms with Crippen LogP contribution in [0, 0.1) is 11.3 Å². The molecule has 1 aliphatic rings. The van der Waals surface area contributed by atoms with Crippen molar-refractivity contribution in [1.82, 2.24) is 0 Å². The molecule has 0 radical (unpaired) electrons. The number of hydrogen-bond donors (Lipinski definition) is 1. The first-order chi connectivity index (χ1) is 6.80. The highest BCUT2D eigenvalue weighted by Crippen LogP contribution is 2.26. The molecule has 0 spiro atoms. The standard InChI is InChI=1S/C11H16O4/c1-11(2,3)10(14)15-6-7-4-8(5-7)9(12)13/h4,8H,5-6H2,1-3H3,(H,12,13). The van der Waals surface area contributed by atoms with Crippen LogP contribution in [0.4, 0.5) is 0 Å². The average Bonchev–Trinajstić information content (AvgIpc) is 1.98. The topological polar surface area (TPSA) is 63.6 Å². The third kappa shape index (κ3) is 3.08. The lowest BCUT2D eigenvalue weighted by atomic mass is 9.87. The van der Waals surface area contributed by atoms with Gasteiger partial charge in [-0.1, -0.05) is 6.08 Å². The van der Waals surface area contributed by atoms with Crippen LogP contribution >= 0.6 is 0 Å². The molecule has 1 aliphatic carbocycles. The molecular formula is C11H16O4. The first-order valence-electron chi connectivity index (χ1n) is 4.90. The van der Waals surface area contributed by atoms with E-state index in [1.807, 2.05) is 0 Å². The molecule has 0 amide bonds. The third-order valence-electron chi connectivity index (χ3n) is 2.24. The smallest absolute Gasteiger partial charge is 0.311 e. The van der Waals surface area contributed by atoms with Crippen LogP contribution in [-0.4, -0.2) is 23.7 Å². The van der Waals surface area contributed by atoms with E-state index in [9.17, 15) is 9.59 Å². The van der Waals surface area contributed by atoms with E-state index in [4.69, 9.17) is 9.84 Å². The molecule has 0 aromatic heterocycles. The van der Waals surface area contributed by atoms with Gasteiger partial charge in [0.05, 0.1) is 11.3 Å². The first kappa shape index (κ1) is 11.8. The number of carbonyl (C=O) groups is 2. The van der Waals surface area contributed by atoms with Gasteiger partial charge in [0.1, 0.15) is 6.61 Å². The lowest BCUT2D eigenvalue weighted by molar-refractivity contribution is -0.152. The summed E-state index contributed by atoms with van der Waals surface area (Å²) in [6.07, 6.45) is 2.13. The minimum absolute atomic E-state index is 0.222. The molecule has 0 bridgehead atoms. The second kappa shape index (κ2) is 4.04. The van der Waals surface area contributed by atoms with Crippen LogP contribution in [0.2, 0.25) is 0 Å². The third-order valence-corrected chi connectivity index (χ3v) is 2.24. The molecule has 1 atom stereocenters. The van der Waals surface area contributed by atoms with Crippen LogP contribution in [0.1, 0.15) is 27.2 Å². The molecule has 0 heterocycles. The largest absolute Gasteiger partial charge is 0.481 e. The Morgan fingerprint density at radius 1 is 1.53 bits per heavy atom. The summed E-state index contributed by atoms with van der Waals surface area (Å²) in [5.74, 6) is -1.48. The molecule has 84 valence electrons. The van der Waals surface area contributed by atoms with Gasteiger partial charge in [0.25, 0.3) is 0 Å². The van der Waals surface area contributed by atoms with Crippen molar-refractivity contribution in [2.24, 2.45) is 11.3 Å². The van der Waals surface area contributed by atoms with E-state index in [2.05, 4.69) is 0 Å². The van der Waals surface area contributed by atoms with Crippen LogP contribution in [0.25, 0.3) is 0 Å². The number of carbonyl (C=O) groups excluding carboxylic acids is 1. The van der Waals surface area contributed by atoms with E-state index < -0.39 is 17.3 Å². The van der Waals surface area contributed by atoms with E-state index in [0.717, 1.165) is 5.57 Å². The maximum atomic E-state index is 11.4. The summed E-state index contributed by atoms with van der Waals surface area (Å²) in [5, 5.41) is 8.61. The number of esters is 1. The number of rotatable bonds is 3. The van der Waals surface area contributed by atoms with Gasteiger partial charge in [0.2, 0.25) is 0 Å². The monoisotopic (exact) mass is 212 g/mol. The van der Waals surface area contributed by atoms with Gasteiger partial charge in [-0.2, -0.15) is 0 Å². The summed E-state index contributed by atoms with van der Waals surface area (Å²) in [7, 11) is 0. The van der Waals surface area contributed by atoms with Gasteiger partial charge >= 0.3 is 11.9 Å². The Morgan fingerprint density at radius 2 is 2.07 bits per heavy atom. The van der Waals surface area contributed by atoms with Crippen molar-refractivity contribution in [1.29, 1.82) is 0 Å². The quantitative estimate of drug-likeness (QED) is 0.570. The first-order valence-corrected chi connectivity index (χ1v) is 4.90. The Balaban J connectivity index is 2.33. The molecule has 0 aromatic carbocycles. The zero-order valence-electron chi connectivity index (χ0n) is 9.24. The highest BCUT2D eigenvalue weighted by atomic mass is 16.5. The Labute approximate surface area is 88.9 Å². The lowest BCUT2D eigenvalue weighted by Crippen LogP contribution is -2.27. The van der Waals surface area contributed by atoms with Gasteiger partial charge in [0, 0.05) is 0 Å². The fourth-order valence-electron chi connectivity index (χ4n) is 1.17. The van der Waals surface area contributed by atoms with Gasteiger partial charge in [-0.05, 0) is 32.8 Å². The molecule has 15 heavy (non-hydrogen) atoms. The van der Waals surface area contributed by atoms with Gasteiger partial charge in [-0.3, -0.25) is 9.59 Å². The summed E-state index contributed by atoms with van der Waals surface area (Å²) >= 11 is 0. The number of hydrogen-bond acceptors (Lipinski definition) is 3.